The fourth-order valence-corrected chi connectivity index (χ4v) is 2.99. The molecule has 1 aromatic rings. The Bertz CT molecular complexity index is 850. The summed E-state index contributed by atoms with van der Waals surface area (Å²) >= 11 is 3.90. The van der Waals surface area contributed by atoms with Gasteiger partial charge in [0, 0.05) is 12.2 Å². The maximum Gasteiger partial charge on any atom is 0.327 e. The topological polar surface area (TPSA) is 188 Å². The van der Waals surface area contributed by atoms with E-state index in [1.54, 1.807) is 44.2 Å². The molecule has 0 bridgehead atoms. The summed E-state index contributed by atoms with van der Waals surface area (Å²) in [5.41, 5.74) is 6.43. The second-order valence-electron chi connectivity index (χ2n) is 7.76. The molecule has 0 aromatic heterocycles. The molecule has 0 aliphatic rings. The van der Waals surface area contributed by atoms with E-state index >= 15 is 0 Å². The molecule has 0 saturated carbocycles. The summed E-state index contributed by atoms with van der Waals surface area (Å²) in [4.78, 5) is 60.4. The minimum atomic E-state index is -1.49. The molecule has 0 saturated heterocycles. The third kappa shape index (κ3) is 9.49. The number of benzene rings is 1. The van der Waals surface area contributed by atoms with Crippen molar-refractivity contribution in [3.63, 3.8) is 0 Å². The number of carbonyl (C=O) groups is 5. The van der Waals surface area contributed by atoms with Crippen LogP contribution >= 0.6 is 12.6 Å². The molecule has 0 aliphatic heterocycles. The number of hydrogen-bond donors (Lipinski definition) is 7. The van der Waals surface area contributed by atoms with Gasteiger partial charge in [-0.3, -0.25) is 19.2 Å². The van der Waals surface area contributed by atoms with Crippen LogP contribution in [0.15, 0.2) is 30.3 Å². The SMILES string of the molecule is CC(C)C(N)C(=O)NC(CC(=O)O)C(=O)NC(Cc1ccccc1)C(=O)NC(CS)C(=O)O. The van der Waals surface area contributed by atoms with E-state index in [2.05, 4.69) is 28.6 Å². The van der Waals surface area contributed by atoms with Gasteiger partial charge in [0.05, 0.1) is 12.5 Å². The third-order valence-corrected chi connectivity index (χ3v) is 5.11. The molecule has 11 nitrogen and oxygen atoms in total. The quantitative estimate of drug-likeness (QED) is 0.177. The molecule has 4 atom stereocenters. The second kappa shape index (κ2) is 13.4. The van der Waals surface area contributed by atoms with Crippen LogP contribution in [0.2, 0.25) is 0 Å². The van der Waals surface area contributed by atoms with Crippen LogP contribution < -0.4 is 21.7 Å². The highest BCUT2D eigenvalue weighted by atomic mass is 32.1. The minimum Gasteiger partial charge on any atom is -0.481 e. The van der Waals surface area contributed by atoms with Crippen molar-refractivity contribution in [2.24, 2.45) is 11.7 Å². The molecule has 0 fully saturated rings. The second-order valence-corrected chi connectivity index (χ2v) is 8.13. The molecule has 7 N–H and O–H groups in total. The minimum absolute atomic E-state index is 0.00340. The fraction of sp³-hybridized carbons (Fsp3) is 0.476. The van der Waals surface area contributed by atoms with Crippen molar-refractivity contribution in [2.75, 3.05) is 5.75 Å². The van der Waals surface area contributed by atoms with E-state index in [1.165, 1.54) is 0 Å². The molecule has 0 spiro atoms. The summed E-state index contributed by atoms with van der Waals surface area (Å²) in [6, 6.07) is 3.62. The standard InChI is InChI=1S/C21H30N4O7S/c1-11(2)17(22)20(30)24-14(9-16(26)27)19(29)23-13(8-12-6-4-3-5-7-12)18(28)25-15(10-33)21(31)32/h3-7,11,13-15,17,33H,8-10,22H2,1-2H3,(H,23,29)(H,24,30)(H,25,28)(H,26,27)(H,31,32). The Labute approximate surface area is 196 Å². The zero-order valence-electron chi connectivity index (χ0n) is 18.4. The number of carboxylic acid groups (broad SMARTS) is 2. The molecule has 1 rings (SSSR count). The van der Waals surface area contributed by atoms with Gasteiger partial charge in [-0.05, 0) is 11.5 Å². The average molecular weight is 483 g/mol. The van der Waals surface area contributed by atoms with Gasteiger partial charge < -0.3 is 31.9 Å². The number of aliphatic carboxylic acids is 2. The number of nitrogens with one attached hydrogen (secondary N) is 3. The Morgan fingerprint density at radius 2 is 1.39 bits per heavy atom. The highest BCUT2D eigenvalue weighted by Gasteiger charge is 2.31. The lowest BCUT2D eigenvalue weighted by Gasteiger charge is -2.25. The van der Waals surface area contributed by atoms with Crippen LogP contribution in [0.25, 0.3) is 0 Å². The van der Waals surface area contributed by atoms with Crippen molar-refractivity contribution in [3.8, 4) is 0 Å². The van der Waals surface area contributed by atoms with Gasteiger partial charge in [0.1, 0.15) is 18.1 Å². The Hall–Kier alpha value is -3.12. The van der Waals surface area contributed by atoms with Crippen LogP contribution in [0.5, 0.6) is 0 Å². The largest absolute Gasteiger partial charge is 0.481 e. The van der Waals surface area contributed by atoms with Gasteiger partial charge in [-0.2, -0.15) is 12.6 Å². The Balaban J connectivity index is 3.10. The van der Waals surface area contributed by atoms with Crippen LogP contribution in [-0.2, 0) is 30.4 Å². The first-order chi connectivity index (χ1) is 15.5. The molecule has 0 heterocycles. The Kier molecular flexibility index (Phi) is 11.4. The summed E-state index contributed by atoms with van der Waals surface area (Å²) in [6.45, 7) is 3.38. The van der Waals surface area contributed by atoms with E-state index < -0.39 is 60.2 Å². The van der Waals surface area contributed by atoms with Crippen LogP contribution in [0.4, 0.5) is 0 Å². The van der Waals surface area contributed by atoms with Crippen molar-refractivity contribution in [1.82, 2.24) is 16.0 Å². The summed E-state index contributed by atoms with van der Waals surface area (Å²) in [5, 5.41) is 25.4. The molecular weight excluding hydrogens is 452 g/mol. The van der Waals surface area contributed by atoms with Crippen LogP contribution in [0.1, 0.15) is 25.8 Å². The van der Waals surface area contributed by atoms with Gasteiger partial charge in [-0.15, -0.1) is 0 Å². The van der Waals surface area contributed by atoms with Gasteiger partial charge in [-0.1, -0.05) is 44.2 Å². The molecule has 4 unspecified atom stereocenters. The van der Waals surface area contributed by atoms with E-state index in [0.29, 0.717) is 5.56 Å². The van der Waals surface area contributed by atoms with Crippen molar-refractivity contribution in [1.29, 1.82) is 0 Å². The van der Waals surface area contributed by atoms with Crippen molar-refractivity contribution in [3.05, 3.63) is 35.9 Å². The zero-order chi connectivity index (χ0) is 25.1. The first-order valence-corrected chi connectivity index (χ1v) is 10.9. The lowest BCUT2D eigenvalue weighted by atomic mass is 10.0. The number of amides is 3. The lowest BCUT2D eigenvalue weighted by molar-refractivity contribution is -0.142. The molecule has 0 radical (unpaired) electrons. The Morgan fingerprint density at radius 3 is 1.88 bits per heavy atom. The first kappa shape index (κ1) is 27.9. The van der Waals surface area contributed by atoms with Crippen molar-refractivity contribution >= 4 is 42.3 Å². The van der Waals surface area contributed by atoms with Crippen molar-refractivity contribution in [2.45, 2.75) is 50.9 Å². The molecule has 182 valence electrons. The van der Waals surface area contributed by atoms with Gasteiger partial charge >= 0.3 is 11.9 Å². The number of hydrogen-bond acceptors (Lipinski definition) is 7. The molecule has 12 heteroatoms. The van der Waals surface area contributed by atoms with E-state index in [-0.39, 0.29) is 18.1 Å². The number of thiol groups is 1. The number of rotatable bonds is 13. The third-order valence-electron chi connectivity index (χ3n) is 4.75. The number of carbonyl (C=O) groups excluding carboxylic acids is 3. The lowest BCUT2D eigenvalue weighted by Crippen LogP contribution is -2.58. The fourth-order valence-electron chi connectivity index (χ4n) is 2.74. The molecule has 1 aromatic carbocycles. The predicted octanol–water partition coefficient (Wildman–Crippen LogP) is -0.844. The Morgan fingerprint density at radius 1 is 0.879 bits per heavy atom. The number of nitrogens with two attached hydrogens (primary N) is 1. The highest BCUT2D eigenvalue weighted by Crippen LogP contribution is 2.06. The van der Waals surface area contributed by atoms with Gasteiger partial charge in [0.25, 0.3) is 0 Å². The molecule has 33 heavy (non-hydrogen) atoms. The summed E-state index contributed by atoms with van der Waals surface area (Å²) in [5.74, 6) is -5.53. The summed E-state index contributed by atoms with van der Waals surface area (Å²) in [7, 11) is 0. The average Bonchev–Trinajstić information content (AvgIpc) is 2.75. The van der Waals surface area contributed by atoms with E-state index in [1.807, 2.05) is 0 Å². The van der Waals surface area contributed by atoms with Gasteiger partial charge in [0.2, 0.25) is 17.7 Å². The van der Waals surface area contributed by atoms with E-state index in [0.717, 1.165) is 0 Å². The summed E-state index contributed by atoms with van der Waals surface area (Å²) in [6.07, 6.45) is -0.743. The summed E-state index contributed by atoms with van der Waals surface area (Å²) < 4.78 is 0. The normalized spacial score (nSPS) is 14.5. The van der Waals surface area contributed by atoms with E-state index in [4.69, 9.17) is 10.8 Å². The maximum atomic E-state index is 12.9. The molecular formula is C21H30N4O7S. The van der Waals surface area contributed by atoms with Gasteiger partial charge in [-0.25, -0.2) is 4.79 Å². The monoisotopic (exact) mass is 482 g/mol. The van der Waals surface area contributed by atoms with Crippen molar-refractivity contribution < 1.29 is 34.2 Å². The van der Waals surface area contributed by atoms with Crippen LogP contribution in [0, 0.1) is 5.92 Å². The number of carboxylic acids is 2. The molecule has 0 aliphatic carbocycles. The smallest absolute Gasteiger partial charge is 0.327 e. The van der Waals surface area contributed by atoms with E-state index in [9.17, 15) is 29.1 Å². The van der Waals surface area contributed by atoms with Crippen LogP contribution in [-0.4, -0.2) is 69.8 Å². The first-order valence-electron chi connectivity index (χ1n) is 10.2. The predicted molar refractivity (Wildman–Crippen MR) is 122 cm³/mol. The highest BCUT2D eigenvalue weighted by molar-refractivity contribution is 7.80. The van der Waals surface area contributed by atoms with Crippen LogP contribution in [0.3, 0.4) is 0 Å². The van der Waals surface area contributed by atoms with Gasteiger partial charge in [0.15, 0.2) is 0 Å². The zero-order valence-corrected chi connectivity index (χ0v) is 19.2. The maximum absolute atomic E-state index is 12.9. The molecule has 3 amide bonds.